The van der Waals surface area contributed by atoms with Gasteiger partial charge in [0.15, 0.2) is 5.78 Å². The molecule has 0 aliphatic heterocycles. The number of hydrogen-bond acceptors (Lipinski definition) is 3. The van der Waals surface area contributed by atoms with Crippen LogP contribution in [0.4, 0.5) is 0 Å². The van der Waals surface area contributed by atoms with E-state index in [2.05, 4.69) is 4.98 Å². The molecular weight excluding hydrogens is 307 g/mol. The summed E-state index contributed by atoms with van der Waals surface area (Å²) in [6, 6.07) is 10.8. The summed E-state index contributed by atoms with van der Waals surface area (Å²) >= 11 is 11.8. The minimum atomic E-state index is 0.0251. The second-order valence-electron chi connectivity index (χ2n) is 4.86. The third-order valence-electron chi connectivity index (χ3n) is 3.13. The lowest BCUT2D eigenvalue weighted by Gasteiger charge is -2.15. The number of pyridine rings is 1. The Kier molecular flexibility index (Phi) is 5.74. The van der Waals surface area contributed by atoms with Gasteiger partial charge in [0.1, 0.15) is 0 Å². The highest BCUT2D eigenvalue weighted by Gasteiger charge is 2.11. The summed E-state index contributed by atoms with van der Waals surface area (Å²) in [6.45, 7) is 1.11. The maximum absolute atomic E-state index is 12.2. The highest BCUT2D eigenvalue weighted by Crippen LogP contribution is 2.22. The fourth-order valence-electron chi connectivity index (χ4n) is 1.94. The zero-order chi connectivity index (χ0) is 15.2. The quantitative estimate of drug-likeness (QED) is 0.759. The van der Waals surface area contributed by atoms with Crippen molar-refractivity contribution in [2.24, 2.45) is 0 Å². The minimum absolute atomic E-state index is 0.0251. The molecule has 0 aliphatic carbocycles. The molecule has 0 unspecified atom stereocenters. The monoisotopic (exact) mass is 322 g/mol. The van der Waals surface area contributed by atoms with Crippen LogP contribution < -0.4 is 0 Å². The van der Waals surface area contributed by atoms with E-state index < -0.39 is 0 Å². The fraction of sp³-hybridized carbons (Fsp3) is 0.250. The predicted octanol–water partition coefficient (Wildman–Crippen LogP) is 3.75. The Morgan fingerprint density at radius 1 is 1.19 bits per heavy atom. The lowest BCUT2D eigenvalue weighted by atomic mass is 10.1. The molecule has 0 radical (unpaired) electrons. The van der Waals surface area contributed by atoms with Crippen LogP contribution in [-0.4, -0.2) is 35.8 Å². The third kappa shape index (κ3) is 4.81. The zero-order valence-corrected chi connectivity index (χ0v) is 13.2. The fourth-order valence-corrected chi connectivity index (χ4v) is 2.23. The second-order valence-corrected chi connectivity index (χ2v) is 5.68. The van der Waals surface area contributed by atoms with Gasteiger partial charge in [-0.25, -0.2) is 0 Å². The van der Waals surface area contributed by atoms with Gasteiger partial charge in [-0.15, -0.1) is 0 Å². The Bertz CT molecular complexity index is 617. The second kappa shape index (κ2) is 7.55. The van der Waals surface area contributed by atoms with Crippen LogP contribution in [-0.2, 0) is 6.42 Å². The molecule has 1 heterocycles. The van der Waals surface area contributed by atoms with Gasteiger partial charge < -0.3 is 0 Å². The van der Waals surface area contributed by atoms with Crippen LogP contribution in [0.2, 0.25) is 10.0 Å². The number of likely N-dealkylation sites (N-methyl/N-ethyl adjacent to an activating group) is 1. The molecule has 3 nitrogen and oxygen atoms in total. The minimum Gasteiger partial charge on any atom is -0.299 e. The predicted molar refractivity (Wildman–Crippen MR) is 86.2 cm³/mol. The van der Waals surface area contributed by atoms with Gasteiger partial charge in [-0.2, -0.15) is 0 Å². The molecule has 5 heteroatoms. The maximum Gasteiger partial charge on any atom is 0.176 e. The van der Waals surface area contributed by atoms with E-state index in [4.69, 9.17) is 23.2 Å². The van der Waals surface area contributed by atoms with Crippen LogP contribution >= 0.6 is 23.2 Å². The number of nitrogens with zero attached hydrogens (tertiary/aromatic N) is 2. The number of carbonyl (C=O) groups excluding carboxylic acids is 1. The molecule has 0 aliphatic rings. The van der Waals surface area contributed by atoms with Crippen molar-refractivity contribution < 1.29 is 4.79 Å². The summed E-state index contributed by atoms with van der Waals surface area (Å²) in [5.41, 5.74) is 1.60. The standard InChI is InChI=1S/C16H16Cl2N2O/c1-20(9-7-13-4-2-3-8-19-13)11-16(21)12-5-6-14(17)15(18)10-12/h2-6,8,10H,7,9,11H2,1H3. The molecule has 110 valence electrons. The Morgan fingerprint density at radius 3 is 2.67 bits per heavy atom. The smallest absolute Gasteiger partial charge is 0.176 e. The lowest BCUT2D eigenvalue weighted by molar-refractivity contribution is 0.0946. The van der Waals surface area contributed by atoms with Crippen molar-refractivity contribution in [3.8, 4) is 0 Å². The van der Waals surface area contributed by atoms with Crippen LogP contribution in [0.3, 0.4) is 0 Å². The zero-order valence-electron chi connectivity index (χ0n) is 11.7. The number of benzene rings is 1. The SMILES string of the molecule is CN(CCc1ccccn1)CC(=O)c1ccc(Cl)c(Cl)c1. The number of halogens is 2. The Balaban J connectivity index is 1.88. The first-order valence-electron chi connectivity index (χ1n) is 6.63. The molecule has 0 saturated carbocycles. The van der Waals surface area contributed by atoms with E-state index in [0.29, 0.717) is 22.2 Å². The van der Waals surface area contributed by atoms with E-state index in [9.17, 15) is 4.79 Å². The van der Waals surface area contributed by atoms with Crippen LogP contribution in [0, 0.1) is 0 Å². The number of aromatic nitrogens is 1. The van der Waals surface area contributed by atoms with Gasteiger partial charge in [-0.3, -0.25) is 14.7 Å². The van der Waals surface area contributed by atoms with E-state index >= 15 is 0 Å². The van der Waals surface area contributed by atoms with Gasteiger partial charge in [0, 0.05) is 30.4 Å². The topological polar surface area (TPSA) is 33.2 Å². The molecular formula is C16H16Cl2N2O. The van der Waals surface area contributed by atoms with Crippen LogP contribution in [0.15, 0.2) is 42.6 Å². The first-order chi connectivity index (χ1) is 10.1. The summed E-state index contributed by atoms with van der Waals surface area (Å²) in [7, 11) is 1.92. The first-order valence-corrected chi connectivity index (χ1v) is 7.38. The van der Waals surface area contributed by atoms with Crippen LogP contribution in [0.25, 0.3) is 0 Å². The van der Waals surface area contributed by atoms with Crippen LogP contribution in [0.5, 0.6) is 0 Å². The van der Waals surface area contributed by atoms with Gasteiger partial charge in [-0.1, -0.05) is 29.3 Å². The molecule has 0 amide bonds. The van der Waals surface area contributed by atoms with Crippen molar-refractivity contribution in [1.29, 1.82) is 0 Å². The van der Waals surface area contributed by atoms with Crippen molar-refractivity contribution in [3.63, 3.8) is 0 Å². The average Bonchev–Trinajstić information content (AvgIpc) is 2.49. The van der Waals surface area contributed by atoms with Crippen LogP contribution in [0.1, 0.15) is 16.1 Å². The van der Waals surface area contributed by atoms with Gasteiger partial charge in [0.25, 0.3) is 0 Å². The number of carbonyl (C=O) groups is 1. The molecule has 0 spiro atoms. The normalized spacial score (nSPS) is 10.9. The molecule has 2 aromatic rings. The van der Waals surface area contributed by atoms with Crippen molar-refractivity contribution in [3.05, 3.63) is 63.9 Å². The van der Waals surface area contributed by atoms with Gasteiger partial charge in [0.05, 0.1) is 16.6 Å². The maximum atomic E-state index is 12.2. The van der Waals surface area contributed by atoms with E-state index in [-0.39, 0.29) is 5.78 Å². The third-order valence-corrected chi connectivity index (χ3v) is 3.87. The number of ketones is 1. The molecule has 0 bridgehead atoms. The van der Waals surface area contributed by atoms with Crippen molar-refractivity contribution >= 4 is 29.0 Å². The van der Waals surface area contributed by atoms with Gasteiger partial charge >= 0.3 is 0 Å². The van der Waals surface area contributed by atoms with E-state index in [1.807, 2.05) is 30.1 Å². The molecule has 1 aromatic heterocycles. The highest BCUT2D eigenvalue weighted by atomic mass is 35.5. The molecule has 21 heavy (non-hydrogen) atoms. The molecule has 0 N–H and O–H groups in total. The molecule has 0 atom stereocenters. The summed E-state index contributed by atoms with van der Waals surface area (Å²) in [4.78, 5) is 18.4. The Hall–Kier alpha value is -1.42. The molecule has 2 rings (SSSR count). The first kappa shape index (κ1) is 16.0. The van der Waals surface area contributed by atoms with E-state index in [1.165, 1.54) is 0 Å². The summed E-state index contributed by atoms with van der Waals surface area (Å²) in [6.07, 6.45) is 2.59. The Labute approximate surface area is 134 Å². The summed E-state index contributed by atoms with van der Waals surface area (Å²) < 4.78 is 0. The average molecular weight is 323 g/mol. The number of hydrogen-bond donors (Lipinski definition) is 0. The van der Waals surface area contributed by atoms with Crippen molar-refractivity contribution in [2.75, 3.05) is 20.1 Å². The van der Waals surface area contributed by atoms with Gasteiger partial charge in [0.2, 0.25) is 0 Å². The van der Waals surface area contributed by atoms with E-state index in [1.54, 1.807) is 24.4 Å². The Morgan fingerprint density at radius 2 is 2.00 bits per heavy atom. The molecule has 0 saturated heterocycles. The van der Waals surface area contributed by atoms with Crippen molar-refractivity contribution in [2.45, 2.75) is 6.42 Å². The van der Waals surface area contributed by atoms with Gasteiger partial charge in [-0.05, 0) is 37.4 Å². The molecule has 1 aromatic carbocycles. The largest absolute Gasteiger partial charge is 0.299 e. The number of rotatable bonds is 6. The summed E-state index contributed by atoms with van der Waals surface area (Å²) in [5, 5.41) is 0.857. The number of Topliss-reactive ketones (excluding diaryl/α,β-unsaturated/α-hetero) is 1. The van der Waals surface area contributed by atoms with E-state index in [0.717, 1.165) is 18.7 Å². The highest BCUT2D eigenvalue weighted by molar-refractivity contribution is 6.42. The van der Waals surface area contributed by atoms with Crippen molar-refractivity contribution in [1.82, 2.24) is 9.88 Å². The lowest BCUT2D eigenvalue weighted by Crippen LogP contribution is -2.28. The summed E-state index contributed by atoms with van der Waals surface area (Å²) in [5.74, 6) is 0.0251. The molecule has 0 fully saturated rings.